The minimum absolute atomic E-state index is 0.0176. The van der Waals surface area contributed by atoms with E-state index >= 15 is 0 Å². The fourth-order valence-electron chi connectivity index (χ4n) is 1.13. The first-order chi connectivity index (χ1) is 6.17. The van der Waals surface area contributed by atoms with E-state index in [-0.39, 0.29) is 12.3 Å². The Bertz CT molecular complexity index is 323. The number of ketones is 1. The summed E-state index contributed by atoms with van der Waals surface area (Å²) in [5, 5.41) is 0. The van der Waals surface area contributed by atoms with E-state index in [0.717, 1.165) is 16.5 Å². The van der Waals surface area contributed by atoms with E-state index in [9.17, 15) is 4.79 Å². The molecular weight excluding hydrogens is 230 g/mol. The van der Waals surface area contributed by atoms with Crippen molar-refractivity contribution >= 4 is 21.7 Å². The van der Waals surface area contributed by atoms with Crippen LogP contribution in [-0.4, -0.2) is 12.3 Å². The highest BCUT2D eigenvalue weighted by Gasteiger charge is 2.05. The van der Waals surface area contributed by atoms with Crippen LogP contribution in [0.5, 0.6) is 0 Å². The van der Waals surface area contributed by atoms with Crippen molar-refractivity contribution in [1.29, 1.82) is 0 Å². The summed E-state index contributed by atoms with van der Waals surface area (Å²) in [5.41, 5.74) is 7.11. The molecule has 0 aliphatic carbocycles. The molecule has 0 heterocycles. The van der Waals surface area contributed by atoms with Crippen molar-refractivity contribution in [2.75, 3.05) is 6.54 Å². The smallest absolute Gasteiger partial charge is 0.176 e. The van der Waals surface area contributed by atoms with E-state index in [1.807, 2.05) is 12.1 Å². The standard InChI is InChI=1S/C10H12BrNO/c1-2-7-3-8(10(13)6-12)5-9(11)4-7/h3-5H,2,6,12H2,1H3. The van der Waals surface area contributed by atoms with Gasteiger partial charge in [0, 0.05) is 10.0 Å². The number of hydrogen-bond acceptors (Lipinski definition) is 2. The second-order valence-electron chi connectivity index (χ2n) is 2.83. The number of carbonyl (C=O) groups is 1. The van der Waals surface area contributed by atoms with Crippen LogP contribution in [0.2, 0.25) is 0 Å². The van der Waals surface area contributed by atoms with Gasteiger partial charge in [-0.25, -0.2) is 0 Å². The molecule has 0 atom stereocenters. The molecule has 0 aliphatic heterocycles. The average molecular weight is 242 g/mol. The van der Waals surface area contributed by atoms with Gasteiger partial charge in [-0.05, 0) is 30.2 Å². The summed E-state index contributed by atoms with van der Waals surface area (Å²) in [7, 11) is 0. The molecule has 2 nitrogen and oxygen atoms in total. The molecule has 0 fully saturated rings. The van der Waals surface area contributed by atoms with Gasteiger partial charge >= 0.3 is 0 Å². The summed E-state index contributed by atoms with van der Waals surface area (Å²) < 4.78 is 0.934. The molecule has 0 aliphatic rings. The van der Waals surface area contributed by atoms with Crippen LogP contribution in [0.25, 0.3) is 0 Å². The monoisotopic (exact) mass is 241 g/mol. The van der Waals surface area contributed by atoms with Gasteiger partial charge in [-0.1, -0.05) is 22.9 Å². The Labute approximate surface area is 86.3 Å². The zero-order valence-electron chi connectivity index (χ0n) is 7.51. The third-order valence-electron chi connectivity index (χ3n) is 1.87. The number of benzene rings is 1. The Balaban J connectivity index is 3.08. The van der Waals surface area contributed by atoms with Crippen LogP contribution in [-0.2, 0) is 6.42 Å². The van der Waals surface area contributed by atoms with Gasteiger partial charge in [0.15, 0.2) is 5.78 Å². The lowest BCUT2D eigenvalue weighted by Crippen LogP contribution is -2.13. The van der Waals surface area contributed by atoms with Crippen LogP contribution in [0.15, 0.2) is 22.7 Å². The molecule has 0 amide bonds. The molecule has 0 aromatic heterocycles. The van der Waals surface area contributed by atoms with Gasteiger partial charge in [0.05, 0.1) is 6.54 Å². The third kappa shape index (κ3) is 2.64. The van der Waals surface area contributed by atoms with Gasteiger partial charge in [-0.3, -0.25) is 4.79 Å². The molecule has 1 aromatic carbocycles. The lowest BCUT2D eigenvalue weighted by atomic mass is 10.1. The van der Waals surface area contributed by atoms with Crippen LogP contribution >= 0.6 is 15.9 Å². The Kier molecular flexibility index (Phi) is 3.63. The van der Waals surface area contributed by atoms with E-state index in [4.69, 9.17) is 5.73 Å². The molecule has 0 radical (unpaired) electrons. The van der Waals surface area contributed by atoms with Crippen LogP contribution in [0.1, 0.15) is 22.8 Å². The number of carbonyl (C=O) groups excluding carboxylic acids is 1. The molecule has 0 saturated carbocycles. The van der Waals surface area contributed by atoms with Crippen molar-refractivity contribution in [3.8, 4) is 0 Å². The number of aryl methyl sites for hydroxylation is 1. The number of rotatable bonds is 3. The van der Waals surface area contributed by atoms with Crippen molar-refractivity contribution in [2.24, 2.45) is 5.73 Å². The summed E-state index contributed by atoms with van der Waals surface area (Å²) in [4.78, 5) is 11.3. The molecule has 0 bridgehead atoms. The van der Waals surface area contributed by atoms with Crippen LogP contribution in [0, 0.1) is 0 Å². The van der Waals surface area contributed by atoms with Crippen molar-refractivity contribution in [1.82, 2.24) is 0 Å². The van der Waals surface area contributed by atoms with Crippen LogP contribution in [0.4, 0.5) is 0 Å². The number of hydrogen-bond donors (Lipinski definition) is 1. The van der Waals surface area contributed by atoms with Gasteiger partial charge in [0.1, 0.15) is 0 Å². The normalized spacial score (nSPS) is 10.1. The van der Waals surface area contributed by atoms with Crippen molar-refractivity contribution in [3.63, 3.8) is 0 Å². The lowest BCUT2D eigenvalue weighted by molar-refractivity contribution is 0.100. The minimum Gasteiger partial charge on any atom is -0.324 e. The van der Waals surface area contributed by atoms with Gasteiger partial charge in [0.2, 0.25) is 0 Å². The average Bonchev–Trinajstić information content (AvgIpc) is 2.15. The van der Waals surface area contributed by atoms with E-state index in [1.165, 1.54) is 0 Å². The fourth-order valence-corrected chi connectivity index (χ4v) is 1.67. The van der Waals surface area contributed by atoms with Gasteiger partial charge in [-0.15, -0.1) is 0 Å². The van der Waals surface area contributed by atoms with Crippen molar-refractivity contribution < 1.29 is 4.79 Å². The molecule has 1 aromatic rings. The fraction of sp³-hybridized carbons (Fsp3) is 0.300. The second-order valence-corrected chi connectivity index (χ2v) is 3.74. The van der Waals surface area contributed by atoms with Crippen LogP contribution in [0.3, 0.4) is 0 Å². The lowest BCUT2D eigenvalue weighted by Gasteiger charge is -2.02. The Hall–Kier alpha value is -0.670. The number of halogens is 1. The maximum absolute atomic E-state index is 11.3. The van der Waals surface area contributed by atoms with Gasteiger partial charge in [-0.2, -0.15) is 0 Å². The summed E-state index contributed by atoms with van der Waals surface area (Å²) in [6.45, 7) is 2.12. The predicted octanol–water partition coefficient (Wildman–Crippen LogP) is 2.15. The van der Waals surface area contributed by atoms with Gasteiger partial charge in [0.25, 0.3) is 0 Å². The molecular formula is C10H12BrNO. The molecule has 2 N–H and O–H groups in total. The molecule has 0 saturated heterocycles. The zero-order valence-corrected chi connectivity index (χ0v) is 9.10. The summed E-state index contributed by atoms with van der Waals surface area (Å²) in [5.74, 6) is -0.0176. The first kappa shape index (κ1) is 10.4. The zero-order chi connectivity index (χ0) is 9.84. The van der Waals surface area contributed by atoms with Crippen LogP contribution < -0.4 is 5.73 Å². The number of nitrogens with two attached hydrogens (primary N) is 1. The maximum Gasteiger partial charge on any atom is 0.176 e. The quantitative estimate of drug-likeness (QED) is 0.825. The minimum atomic E-state index is -0.0176. The summed E-state index contributed by atoms with van der Waals surface area (Å²) in [6.07, 6.45) is 0.921. The predicted molar refractivity (Wildman–Crippen MR) is 56.9 cm³/mol. The van der Waals surface area contributed by atoms with Crippen molar-refractivity contribution in [2.45, 2.75) is 13.3 Å². The van der Waals surface area contributed by atoms with E-state index in [1.54, 1.807) is 6.07 Å². The van der Waals surface area contributed by atoms with Crippen molar-refractivity contribution in [3.05, 3.63) is 33.8 Å². The highest BCUT2D eigenvalue weighted by atomic mass is 79.9. The molecule has 0 unspecified atom stereocenters. The molecule has 13 heavy (non-hydrogen) atoms. The largest absolute Gasteiger partial charge is 0.324 e. The highest BCUT2D eigenvalue weighted by Crippen LogP contribution is 2.16. The SMILES string of the molecule is CCc1cc(Br)cc(C(=O)CN)c1. The van der Waals surface area contributed by atoms with E-state index < -0.39 is 0 Å². The molecule has 3 heteroatoms. The van der Waals surface area contributed by atoms with Gasteiger partial charge < -0.3 is 5.73 Å². The van der Waals surface area contributed by atoms with E-state index in [2.05, 4.69) is 22.9 Å². The number of Topliss-reactive ketones (excluding diaryl/α,β-unsaturated/α-hetero) is 1. The summed E-state index contributed by atoms with van der Waals surface area (Å²) in [6, 6.07) is 5.70. The third-order valence-corrected chi connectivity index (χ3v) is 2.33. The first-order valence-electron chi connectivity index (χ1n) is 4.20. The second kappa shape index (κ2) is 4.53. The molecule has 1 rings (SSSR count). The first-order valence-corrected chi connectivity index (χ1v) is 4.99. The Morgan fingerprint density at radius 1 is 1.46 bits per heavy atom. The maximum atomic E-state index is 11.3. The highest BCUT2D eigenvalue weighted by molar-refractivity contribution is 9.10. The topological polar surface area (TPSA) is 43.1 Å². The van der Waals surface area contributed by atoms with E-state index in [0.29, 0.717) is 5.56 Å². The Morgan fingerprint density at radius 2 is 2.15 bits per heavy atom. The molecule has 70 valence electrons. The summed E-state index contributed by atoms with van der Waals surface area (Å²) >= 11 is 3.36. The Morgan fingerprint density at radius 3 is 2.69 bits per heavy atom. The molecule has 0 spiro atoms.